The van der Waals surface area contributed by atoms with Crippen molar-refractivity contribution in [2.24, 2.45) is 16.5 Å². The fourth-order valence-electron chi connectivity index (χ4n) is 6.95. The number of fused-ring (bicyclic) bond motifs is 1. The Kier molecular flexibility index (Phi) is 12.0. The van der Waals surface area contributed by atoms with Gasteiger partial charge in [0.1, 0.15) is 0 Å². The van der Waals surface area contributed by atoms with Crippen LogP contribution in [0.1, 0.15) is 55.2 Å². The number of nitrogens with two attached hydrogens (primary N) is 2. The van der Waals surface area contributed by atoms with E-state index in [1.165, 1.54) is 0 Å². The van der Waals surface area contributed by atoms with Crippen molar-refractivity contribution in [3.05, 3.63) is 120 Å². The maximum atomic E-state index is 14.4. The molecule has 4 aromatic rings. The van der Waals surface area contributed by atoms with Crippen molar-refractivity contribution in [2.45, 2.75) is 63.1 Å². The minimum atomic E-state index is -0.950. The fourth-order valence-corrected chi connectivity index (χ4v) is 6.95. The van der Waals surface area contributed by atoms with Gasteiger partial charge in [0.2, 0.25) is 5.91 Å². The third kappa shape index (κ3) is 8.92. The molecule has 2 amide bonds. The second-order valence-corrected chi connectivity index (χ2v) is 12.7. The van der Waals surface area contributed by atoms with Gasteiger partial charge in [0.05, 0.1) is 12.1 Å². The minimum Gasteiger partial charge on any atom is -0.465 e. The van der Waals surface area contributed by atoms with Gasteiger partial charge in [0, 0.05) is 38.1 Å². The lowest BCUT2D eigenvalue weighted by molar-refractivity contribution is -0.133. The Balaban J connectivity index is 1.48. The summed E-state index contributed by atoms with van der Waals surface area (Å²) in [5.74, 6) is 0.0235. The summed E-state index contributed by atoms with van der Waals surface area (Å²) >= 11 is 0. The number of nitrogens with zero attached hydrogens (tertiary/aromatic N) is 3. The summed E-state index contributed by atoms with van der Waals surface area (Å²) in [7, 11) is 0. The van der Waals surface area contributed by atoms with Crippen LogP contribution in [0.15, 0.2) is 108 Å². The standard InChI is InChI=1S/C39H48N6O3/c1-2-23-45(39(47)48)36(26-28-19-20-29-12-9-10-17-32(29)25-28)34-21-24-44(37(46)35(43-34)18-11-22-42-38(40)41)27-33(30-13-5-3-6-14-30)31-15-7-4-8-16-31/h3-10,12-17,19-20,25,33-36,43H,2,11,18,21-24,26-27H2,1H3,(H,47,48)(H4,40,41,42)/t34-,35-,36+/m0/s1. The van der Waals surface area contributed by atoms with E-state index >= 15 is 0 Å². The van der Waals surface area contributed by atoms with Gasteiger partial charge in [-0.1, -0.05) is 110 Å². The average molecular weight is 649 g/mol. The maximum Gasteiger partial charge on any atom is 0.407 e. The Morgan fingerprint density at radius 2 is 1.60 bits per heavy atom. The van der Waals surface area contributed by atoms with Gasteiger partial charge in [-0.2, -0.15) is 0 Å². The second kappa shape index (κ2) is 16.8. The predicted molar refractivity (Wildman–Crippen MR) is 193 cm³/mol. The molecule has 0 aromatic heterocycles. The van der Waals surface area contributed by atoms with Crippen molar-refractivity contribution in [1.29, 1.82) is 0 Å². The van der Waals surface area contributed by atoms with Crippen LogP contribution in [0.5, 0.6) is 0 Å². The Morgan fingerprint density at radius 3 is 2.23 bits per heavy atom. The van der Waals surface area contributed by atoms with E-state index in [0.29, 0.717) is 58.3 Å². The number of nitrogens with one attached hydrogen (secondary N) is 1. The summed E-state index contributed by atoms with van der Waals surface area (Å²) < 4.78 is 0. The number of carboxylic acid groups (broad SMARTS) is 1. The number of carbonyl (C=O) groups excluding carboxylic acids is 1. The summed E-state index contributed by atoms with van der Waals surface area (Å²) in [5.41, 5.74) is 14.5. The molecule has 9 heteroatoms. The van der Waals surface area contributed by atoms with Gasteiger partial charge in [-0.3, -0.25) is 9.79 Å². The molecule has 1 aliphatic rings. The number of rotatable bonds is 14. The van der Waals surface area contributed by atoms with Crippen LogP contribution >= 0.6 is 0 Å². The summed E-state index contributed by atoms with van der Waals surface area (Å²) in [6.07, 6.45) is 2.01. The normalized spacial score (nSPS) is 17.2. The van der Waals surface area contributed by atoms with Crippen molar-refractivity contribution in [3.63, 3.8) is 0 Å². The van der Waals surface area contributed by atoms with Crippen LogP contribution < -0.4 is 16.8 Å². The van der Waals surface area contributed by atoms with Crippen LogP contribution in [0.2, 0.25) is 0 Å². The minimum absolute atomic E-state index is 0.0146. The Labute approximate surface area is 283 Å². The number of amides is 2. The molecule has 0 aliphatic carbocycles. The fraction of sp³-hybridized carbons (Fsp3) is 0.359. The number of hydrogen-bond donors (Lipinski definition) is 4. The molecular weight excluding hydrogens is 600 g/mol. The van der Waals surface area contributed by atoms with Gasteiger partial charge >= 0.3 is 6.09 Å². The molecule has 4 aromatic carbocycles. The van der Waals surface area contributed by atoms with E-state index in [4.69, 9.17) is 11.5 Å². The van der Waals surface area contributed by atoms with E-state index in [1.807, 2.05) is 60.4 Å². The molecule has 0 bridgehead atoms. The predicted octanol–water partition coefficient (Wildman–Crippen LogP) is 5.59. The first-order valence-electron chi connectivity index (χ1n) is 17.0. The monoisotopic (exact) mass is 648 g/mol. The molecular formula is C39H48N6O3. The molecule has 5 rings (SSSR count). The zero-order valence-electron chi connectivity index (χ0n) is 27.7. The van der Waals surface area contributed by atoms with Gasteiger partial charge in [-0.15, -0.1) is 0 Å². The highest BCUT2D eigenvalue weighted by Gasteiger charge is 2.38. The SMILES string of the molecule is CCCN(C(=O)O)[C@H](Cc1ccc2ccccc2c1)[C@@H]1CCN(CC(c2ccccc2)c2ccccc2)C(=O)[C@H](CCCN=C(N)N)N1. The third-order valence-electron chi connectivity index (χ3n) is 9.32. The molecule has 0 unspecified atom stereocenters. The number of aliphatic imine (C=N–C) groups is 1. The van der Waals surface area contributed by atoms with Gasteiger partial charge in [-0.25, -0.2) is 4.79 Å². The maximum absolute atomic E-state index is 14.4. The molecule has 0 saturated carbocycles. The molecule has 48 heavy (non-hydrogen) atoms. The highest BCUT2D eigenvalue weighted by Crippen LogP contribution is 2.28. The highest BCUT2D eigenvalue weighted by molar-refractivity contribution is 5.83. The lowest BCUT2D eigenvalue weighted by Crippen LogP contribution is -2.56. The van der Waals surface area contributed by atoms with Crippen molar-refractivity contribution in [2.75, 3.05) is 26.2 Å². The molecule has 9 nitrogen and oxygen atoms in total. The summed E-state index contributed by atoms with van der Waals surface area (Å²) in [5, 5.41) is 16.4. The van der Waals surface area contributed by atoms with Gasteiger partial charge in [-0.05, 0) is 59.6 Å². The second-order valence-electron chi connectivity index (χ2n) is 12.7. The molecule has 0 spiro atoms. The number of hydrogen-bond acceptors (Lipinski definition) is 4. The Morgan fingerprint density at radius 1 is 0.958 bits per heavy atom. The molecule has 1 aliphatic heterocycles. The molecule has 6 N–H and O–H groups in total. The molecule has 1 heterocycles. The quantitative estimate of drug-likeness (QED) is 0.0800. The third-order valence-corrected chi connectivity index (χ3v) is 9.32. The average Bonchev–Trinajstić information content (AvgIpc) is 3.25. The lowest BCUT2D eigenvalue weighted by atomic mass is 9.90. The van der Waals surface area contributed by atoms with E-state index in [2.05, 4.69) is 64.9 Å². The van der Waals surface area contributed by atoms with Gasteiger partial charge in [0.25, 0.3) is 0 Å². The highest BCUT2D eigenvalue weighted by atomic mass is 16.4. The number of benzene rings is 4. The zero-order valence-corrected chi connectivity index (χ0v) is 27.7. The Bertz CT molecular complexity index is 1620. The molecule has 1 fully saturated rings. The summed E-state index contributed by atoms with van der Waals surface area (Å²) in [6.45, 7) is 3.83. The summed E-state index contributed by atoms with van der Waals surface area (Å²) in [4.78, 5) is 34.9. The smallest absolute Gasteiger partial charge is 0.407 e. The van der Waals surface area contributed by atoms with Crippen LogP contribution in [0.4, 0.5) is 4.79 Å². The van der Waals surface area contributed by atoms with Gasteiger partial charge < -0.3 is 31.7 Å². The first-order chi connectivity index (χ1) is 23.3. The van der Waals surface area contributed by atoms with Crippen LogP contribution in [-0.4, -0.2) is 77.2 Å². The van der Waals surface area contributed by atoms with Crippen LogP contribution in [0.25, 0.3) is 10.8 Å². The van der Waals surface area contributed by atoms with Crippen LogP contribution in [0, 0.1) is 0 Å². The van der Waals surface area contributed by atoms with E-state index in [0.717, 1.165) is 27.5 Å². The molecule has 1 saturated heterocycles. The first kappa shape index (κ1) is 34.4. The van der Waals surface area contributed by atoms with Crippen molar-refractivity contribution in [3.8, 4) is 0 Å². The summed E-state index contributed by atoms with van der Waals surface area (Å²) in [6, 6.07) is 34.0. The van der Waals surface area contributed by atoms with Crippen molar-refractivity contribution < 1.29 is 14.7 Å². The van der Waals surface area contributed by atoms with Crippen molar-refractivity contribution in [1.82, 2.24) is 15.1 Å². The molecule has 3 atom stereocenters. The van der Waals surface area contributed by atoms with E-state index in [-0.39, 0.29) is 29.9 Å². The van der Waals surface area contributed by atoms with E-state index < -0.39 is 12.1 Å². The first-order valence-corrected chi connectivity index (χ1v) is 17.0. The van der Waals surface area contributed by atoms with Crippen LogP contribution in [-0.2, 0) is 11.2 Å². The van der Waals surface area contributed by atoms with Gasteiger partial charge in [0.15, 0.2) is 5.96 Å². The van der Waals surface area contributed by atoms with Crippen LogP contribution in [0.3, 0.4) is 0 Å². The zero-order chi connectivity index (χ0) is 33.9. The lowest BCUT2D eigenvalue weighted by Gasteiger charge is -2.36. The van der Waals surface area contributed by atoms with E-state index in [9.17, 15) is 14.7 Å². The van der Waals surface area contributed by atoms with E-state index in [1.54, 1.807) is 4.90 Å². The Hall–Kier alpha value is -4.89. The molecule has 0 radical (unpaired) electrons. The topological polar surface area (TPSA) is 137 Å². The number of guanidine groups is 1. The number of carbonyl (C=O) groups is 2. The largest absolute Gasteiger partial charge is 0.465 e. The molecule has 252 valence electrons. The van der Waals surface area contributed by atoms with Crippen molar-refractivity contribution >= 4 is 28.7 Å².